The molecule has 0 fully saturated rings. The van der Waals surface area contributed by atoms with Gasteiger partial charge in [0.25, 0.3) is 0 Å². The maximum absolute atomic E-state index is 4.34. The summed E-state index contributed by atoms with van der Waals surface area (Å²) in [6, 6.07) is 0. The molecule has 0 bridgehead atoms. The number of hydrogen-bond acceptors (Lipinski definition) is 2. The average molecular weight is 171 g/mol. The van der Waals surface area contributed by atoms with Crippen LogP contribution in [0.3, 0.4) is 0 Å². The Morgan fingerprint density at radius 2 is 1.25 bits per heavy atom. The van der Waals surface area contributed by atoms with E-state index in [-0.39, 0.29) is 23.3 Å². The molecule has 0 heterocycles. The Bertz CT molecular complexity index is 27.0. The van der Waals surface area contributed by atoms with Gasteiger partial charge in [0.2, 0.25) is 0 Å². The van der Waals surface area contributed by atoms with Crippen molar-refractivity contribution in [1.29, 1.82) is 0 Å². The molecule has 0 atom stereocenters. The van der Waals surface area contributed by atoms with Crippen LogP contribution in [0.2, 0.25) is 0 Å². The third-order valence-corrected chi connectivity index (χ3v) is 0. The van der Waals surface area contributed by atoms with Crippen molar-refractivity contribution in [3.63, 3.8) is 0 Å². The Labute approximate surface area is 43.0 Å². The monoisotopic (exact) mass is 173 g/mol. The van der Waals surface area contributed by atoms with Crippen LogP contribution in [0.1, 0.15) is 0 Å². The summed E-state index contributed by atoms with van der Waals surface area (Å²) >= 11 is -0.363. The van der Waals surface area contributed by atoms with E-state index >= 15 is 0 Å². The van der Waals surface area contributed by atoms with Crippen LogP contribution in [0.25, 0.3) is 0 Å². The van der Waals surface area contributed by atoms with Gasteiger partial charge in [-0.2, -0.15) is 0 Å². The molecule has 21 valence electrons. The van der Waals surface area contributed by atoms with E-state index in [1.807, 2.05) is 0 Å². The summed E-state index contributed by atoms with van der Waals surface area (Å²) in [5.41, 5.74) is 0. The van der Waals surface area contributed by atoms with Crippen molar-refractivity contribution in [2.75, 3.05) is 0 Å². The SMILES string of the molecule is [B].[S]=[Mo]=[S]. The third kappa shape index (κ3) is 10.8. The summed E-state index contributed by atoms with van der Waals surface area (Å²) in [6.45, 7) is 0. The molecule has 0 saturated heterocycles. The Kier molecular flexibility index (Phi) is 19.9. The normalized spacial score (nSPS) is 3.00. The zero-order valence-electron chi connectivity index (χ0n) is 1.80. The summed E-state index contributed by atoms with van der Waals surface area (Å²) in [4.78, 5) is 0. The van der Waals surface area contributed by atoms with Crippen LogP contribution in [0.4, 0.5) is 0 Å². The summed E-state index contributed by atoms with van der Waals surface area (Å²) < 4.78 is 0. The topological polar surface area (TPSA) is 0 Å². The third-order valence-electron chi connectivity index (χ3n) is 0. The van der Waals surface area contributed by atoms with E-state index in [1.54, 1.807) is 0 Å². The molecule has 0 aromatic heterocycles. The van der Waals surface area contributed by atoms with Gasteiger partial charge in [-0.05, 0) is 0 Å². The van der Waals surface area contributed by atoms with Gasteiger partial charge in [-0.25, -0.2) is 0 Å². The summed E-state index contributed by atoms with van der Waals surface area (Å²) in [7, 11) is 8.68. The molecule has 0 aliphatic heterocycles. The van der Waals surface area contributed by atoms with Crippen LogP contribution in [0.5, 0.6) is 0 Å². The molecule has 4 heteroatoms. The van der Waals surface area contributed by atoms with Gasteiger partial charge in [-0.3, -0.25) is 0 Å². The molecule has 0 amide bonds. The fourth-order valence-electron chi connectivity index (χ4n) is 0. The van der Waals surface area contributed by atoms with E-state index in [0.717, 1.165) is 0 Å². The Hall–Kier alpha value is 1.19. The molecule has 0 N–H and O–H groups in total. The summed E-state index contributed by atoms with van der Waals surface area (Å²) in [5, 5.41) is 0. The second-order valence-corrected chi connectivity index (χ2v) is 3.62. The fraction of sp³-hybridized carbons (Fsp3) is 0. The molecule has 4 heavy (non-hydrogen) atoms. The van der Waals surface area contributed by atoms with Crippen molar-refractivity contribution in [2.24, 2.45) is 0 Å². The molecule has 0 aromatic carbocycles. The minimum absolute atomic E-state index is 0. The first kappa shape index (κ1) is 8.96. The molecule has 0 nitrogen and oxygen atoms in total. The van der Waals surface area contributed by atoms with Gasteiger partial charge < -0.3 is 0 Å². The molecule has 3 radical (unpaired) electrons. The van der Waals surface area contributed by atoms with Crippen LogP contribution in [-0.2, 0) is 14.9 Å². The fourth-order valence-corrected chi connectivity index (χ4v) is 0. The predicted octanol–water partition coefficient (Wildman–Crippen LogP) is 0.913. The first-order chi connectivity index (χ1) is 1.41. The van der Waals surface area contributed by atoms with E-state index in [1.165, 1.54) is 0 Å². The van der Waals surface area contributed by atoms with E-state index in [2.05, 4.69) is 19.6 Å². The van der Waals surface area contributed by atoms with Gasteiger partial charge in [0.05, 0.1) is 0 Å². The second kappa shape index (κ2) is 8.89. The molecule has 0 aromatic rings. The molecular weight excluding hydrogens is 171 g/mol. The van der Waals surface area contributed by atoms with Gasteiger partial charge in [-0.15, -0.1) is 0 Å². The second-order valence-electron chi connectivity index (χ2n) is 0.0680. The van der Waals surface area contributed by atoms with Crippen molar-refractivity contribution >= 4 is 28.1 Å². The van der Waals surface area contributed by atoms with Crippen LogP contribution >= 0.6 is 19.6 Å². The van der Waals surface area contributed by atoms with E-state index in [4.69, 9.17) is 0 Å². The van der Waals surface area contributed by atoms with E-state index in [0.29, 0.717) is 0 Å². The number of hydrogen-bond donors (Lipinski definition) is 0. The Morgan fingerprint density at radius 1 is 1.25 bits per heavy atom. The van der Waals surface area contributed by atoms with Crippen molar-refractivity contribution < 1.29 is 14.9 Å². The van der Waals surface area contributed by atoms with Crippen molar-refractivity contribution in [3.05, 3.63) is 0 Å². The van der Waals surface area contributed by atoms with Crippen LogP contribution in [0, 0.1) is 0 Å². The minimum atomic E-state index is -0.363. The van der Waals surface area contributed by atoms with E-state index in [9.17, 15) is 0 Å². The molecule has 0 aliphatic rings. The van der Waals surface area contributed by atoms with Gasteiger partial charge in [0, 0.05) is 8.41 Å². The zero-order valence-corrected chi connectivity index (χ0v) is 5.44. The molecule has 0 spiro atoms. The zero-order chi connectivity index (χ0) is 2.71. The van der Waals surface area contributed by atoms with Crippen molar-refractivity contribution in [1.82, 2.24) is 0 Å². The van der Waals surface area contributed by atoms with Crippen LogP contribution in [-0.4, -0.2) is 8.41 Å². The predicted molar refractivity (Wildman–Crippen MR) is 20.9 cm³/mol. The average Bonchev–Trinajstić information content (AvgIpc) is 0.918. The first-order valence-corrected chi connectivity index (χ1v) is 5.92. The van der Waals surface area contributed by atoms with Crippen LogP contribution in [0.15, 0.2) is 0 Å². The molecule has 0 unspecified atom stereocenters. The molecule has 0 saturated carbocycles. The van der Waals surface area contributed by atoms with Crippen LogP contribution < -0.4 is 0 Å². The van der Waals surface area contributed by atoms with Gasteiger partial charge in [-0.1, -0.05) is 0 Å². The maximum atomic E-state index is 4.34. The van der Waals surface area contributed by atoms with Crippen molar-refractivity contribution in [2.45, 2.75) is 0 Å². The van der Waals surface area contributed by atoms with Gasteiger partial charge >= 0.3 is 34.6 Å². The molecule has 0 aliphatic carbocycles. The standard InChI is InChI=1S/B.Mo.2S. The Morgan fingerprint density at radius 3 is 1.25 bits per heavy atom. The summed E-state index contributed by atoms with van der Waals surface area (Å²) in [6.07, 6.45) is 0. The molecule has 0 rings (SSSR count). The van der Waals surface area contributed by atoms with Crippen molar-refractivity contribution in [3.8, 4) is 0 Å². The van der Waals surface area contributed by atoms with E-state index < -0.39 is 0 Å². The number of rotatable bonds is 0. The Balaban J connectivity index is 0. The first-order valence-electron chi connectivity index (χ1n) is 0.333. The van der Waals surface area contributed by atoms with Gasteiger partial charge in [0.15, 0.2) is 0 Å². The van der Waals surface area contributed by atoms with Gasteiger partial charge in [0.1, 0.15) is 0 Å². The quantitative estimate of drug-likeness (QED) is 0.496. The summed E-state index contributed by atoms with van der Waals surface area (Å²) in [5.74, 6) is 0. The molecular formula is BMoS2.